The summed E-state index contributed by atoms with van der Waals surface area (Å²) in [5.74, 6) is 0. The van der Waals surface area contributed by atoms with E-state index in [2.05, 4.69) is 15.1 Å². The highest BCUT2D eigenvalue weighted by atomic mass is 14.9. The van der Waals surface area contributed by atoms with Crippen molar-refractivity contribution in [1.29, 1.82) is 0 Å². The molecule has 2 aromatic rings. The number of nitrogen functional groups attached to an aromatic ring is 1. The van der Waals surface area contributed by atoms with Gasteiger partial charge in [0, 0.05) is 11.9 Å². The first-order chi connectivity index (χ1) is 7.79. The van der Waals surface area contributed by atoms with Gasteiger partial charge in [-0.15, -0.1) is 0 Å². The highest BCUT2D eigenvalue weighted by Gasteiger charge is 1.98. The Hall–Kier alpha value is -2.54. The van der Waals surface area contributed by atoms with Crippen LogP contribution < -0.4 is 11.1 Å². The first-order valence-corrected chi connectivity index (χ1v) is 4.73. The average molecular weight is 210 g/mol. The number of pyridine rings is 1. The summed E-state index contributed by atoms with van der Waals surface area (Å²) in [6.45, 7) is 6.85. The molecule has 0 aliphatic rings. The lowest BCUT2D eigenvalue weighted by Crippen LogP contribution is -1.96. The first-order valence-electron chi connectivity index (χ1n) is 4.73. The summed E-state index contributed by atoms with van der Waals surface area (Å²) < 4.78 is 0. The quantitative estimate of drug-likeness (QED) is 0.749. The summed E-state index contributed by atoms with van der Waals surface area (Å²) in [4.78, 5) is 7.23. The number of benzene rings is 1. The van der Waals surface area contributed by atoms with Gasteiger partial charge >= 0.3 is 0 Å². The molecule has 0 amide bonds. The van der Waals surface area contributed by atoms with E-state index in [0.29, 0.717) is 11.4 Å². The van der Waals surface area contributed by atoms with E-state index in [1.165, 1.54) is 0 Å². The molecule has 0 radical (unpaired) electrons. The number of nitrogens with one attached hydrogen (secondary N) is 1. The minimum Gasteiger partial charge on any atom is -0.396 e. The Kier molecular flexibility index (Phi) is 2.70. The van der Waals surface area contributed by atoms with Gasteiger partial charge in [0.05, 0.1) is 24.1 Å². The Labute approximate surface area is 93.6 Å². The van der Waals surface area contributed by atoms with Crippen LogP contribution in [0.4, 0.5) is 22.7 Å². The fraction of sp³-hybridized carbons (Fsp3) is 0. The minimum absolute atomic E-state index is 0.594. The van der Waals surface area contributed by atoms with Crippen LogP contribution in [0.1, 0.15) is 0 Å². The fourth-order valence-electron chi connectivity index (χ4n) is 1.30. The SMILES string of the molecule is [C-]#[N+]c1ccc(Nc2ccncc2N)cc1. The third kappa shape index (κ3) is 2.10. The number of anilines is 3. The van der Waals surface area contributed by atoms with Crippen LogP contribution >= 0.6 is 0 Å². The molecule has 0 saturated heterocycles. The normalized spacial score (nSPS) is 9.44. The molecule has 2 rings (SSSR count). The maximum absolute atomic E-state index is 6.85. The van der Waals surface area contributed by atoms with Crippen molar-refractivity contribution in [1.82, 2.24) is 4.98 Å². The van der Waals surface area contributed by atoms with Crippen molar-refractivity contribution in [3.63, 3.8) is 0 Å². The van der Waals surface area contributed by atoms with Gasteiger partial charge in [-0.2, -0.15) is 0 Å². The van der Waals surface area contributed by atoms with E-state index in [0.717, 1.165) is 11.4 Å². The van der Waals surface area contributed by atoms with Gasteiger partial charge in [-0.25, -0.2) is 4.85 Å². The average Bonchev–Trinajstić information content (AvgIpc) is 2.33. The molecule has 1 aromatic heterocycles. The molecule has 1 heterocycles. The van der Waals surface area contributed by atoms with Gasteiger partial charge in [0.25, 0.3) is 0 Å². The monoisotopic (exact) mass is 210 g/mol. The summed E-state index contributed by atoms with van der Waals surface area (Å²) in [6.07, 6.45) is 3.27. The lowest BCUT2D eigenvalue weighted by Gasteiger charge is -2.08. The lowest BCUT2D eigenvalue weighted by atomic mass is 10.2. The van der Waals surface area contributed by atoms with Crippen LogP contribution in [0.25, 0.3) is 4.85 Å². The molecular weight excluding hydrogens is 200 g/mol. The Morgan fingerprint density at radius 3 is 2.56 bits per heavy atom. The third-order valence-electron chi connectivity index (χ3n) is 2.13. The molecule has 0 aliphatic carbocycles. The van der Waals surface area contributed by atoms with Crippen molar-refractivity contribution in [3.05, 3.63) is 54.1 Å². The number of rotatable bonds is 2. The molecule has 16 heavy (non-hydrogen) atoms. The summed E-state index contributed by atoms with van der Waals surface area (Å²) >= 11 is 0. The molecule has 4 heteroatoms. The second kappa shape index (κ2) is 4.32. The Balaban J connectivity index is 2.22. The minimum atomic E-state index is 0.594. The molecule has 4 nitrogen and oxygen atoms in total. The Morgan fingerprint density at radius 2 is 1.94 bits per heavy atom. The van der Waals surface area contributed by atoms with Gasteiger partial charge in [0.1, 0.15) is 0 Å². The van der Waals surface area contributed by atoms with Crippen LogP contribution in [0.15, 0.2) is 42.7 Å². The molecular formula is C12H10N4. The van der Waals surface area contributed by atoms with Gasteiger partial charge in [-0.3, -0.25) is 4.98 Å². The van der Waals surface area contributed by atoms with Crippen molar-refractivity contribution in [2.24, 2.45) is 0 Å². The molecule has 0 fully saturated rings. The highest BCUT2D eigenvalue weighted by Crippen LogP contribution is 2.23. The second-order valence-corrected chi connectivity index (χ2v) is 3.25. The van der Waals surface area contributed by atoms with Crippen molar-refractivity contribution in [2.45, 2.75) is 0 Å². The molecule has 0 aliphatic heterocycles. The number of hydrogen-bond acceptors (Lipinski definition) is 3. The lowest BCUT2D eigenvalue weighted by molar-refractivity contribution is 1.33. The van der Waals surface area contributed by atoms with E-state index in [-0.39, 0.29) is 0 Å². The van der Waals surface area contributed by atoms with Crippen LogP contribution in [0.3, 0.4) is 0 Å². The first kappa shape index (κ1) is 9.99. The van der Waals surface area contributed by atoms with Crippen LogP contribution in [-0.2, 0) is 0 Å². The van der Waals surface area contributed by atoms with Crippen molar-refractivity contribution < 1.29 is 0 Å². The summed E-state index contributed by atoms with van der Waals surface area (Å²) in [6, 6.07) is 9.00. The number of aromatic nitrogens is 1. The fourth-order valence-corrected chi connectivity index (χ4v) is 1.30. The summed E-state index contributed by atoms with van der Waals surface area (Å²) in [5.41, 5.74) is 8.67. The number of nitrogens with two attached hydrogens (primary N) is 1. The van der Waals surface area contributed by atoms with E-state index in [1.54, 1.807) is 30.6 Å². The number of hydrogen-bond donors (Lipinski definition) is 2. The zero-order chi connectivity index (χ0) is 11.4. The van der Waals surface area contributed by atoms with Gasteiger partial charge in [0.15, 0.2) is 5.69 Å². The zero-order valence-corrected chi connectivity index (χ0v) is 8.51. The summed E-state index contributed by atoms with van der Waals surface area (Å²) in [7, 11) is 0. The van der Waals surface area contributed by atoms with Gasteiger partial charge < -0.3 is 11.1 Å². The predicted octanol–water partition coefficient (Wildman–Crippen LogP) is 2.96. The van der Waals surface area contributed by atoms with Crippen LogP contribution in [-0.4, -0.2) is 4.98 Å². The summed E-state index contributed by atoms with van der Waals surface area (Å²) in [5, 5.41) is 3.16. The maximum atomic E-state index is 6.85. The van der Waals surface area contributed by atoms with E-state index in [4.69, 9.17) is 12.3 Å². The smallest absolute Gasteiger partial charge is 0.187 e. The van der Waals surface area contributed by atoms with Crippen molar-refractivity contribution in [3.8, 4) is 0 Å². The third-order valence-corrected chi connectivity index (χ3v) is 2.13. The topological polar surface area (TPSA) is 55.3 Å². The van der Waals surface area contributed by atoms with Crippen LogP contribution in [0.5, 0.6) is 0 Å². The largest absolute Gasteiger partial charge is 0.396 e. The molecule has 0 saturated carbocycles. The van der Waals surface area contributed by atoms with Gasteiger partial charge in [0.2, 0.25) is 0 Å². The number of nitrogens with zero attached hydrogens (tertiary/aromatic N) is 2. The van der Waals surface area contributed by atoms with Gasteiger partial charge in [-0.1, -0.05) is 12.1 Å². The molecule has 0 bridgehead atoms. The van der Waals surface area contributed by atoms with E-state index in [9.17, 15) is 0 Å². The molecule has 78 valence electrons. The predicted molar refractivity (Wildman–Crippen MR) is 64.6 cm³/mol. The molecule has 0 unspecified atom stereocenters. The van der Waals surface area contributed by atoms with Crippen LogP contribution in [0.2, 0.25) is 0 Å². The molecule has 0 atom stereocenters. The van der Waals surface area contributed by atoms with E-state index in [1.807, 2.05) is 12.1 Å². The van der Waals surface area contributed by atoms with Crippen LogP contribution in [0, 0.1) is 6.57 Å². The van der Waals surface area contributed by atoms with E-state index < -0.39 is 0 Å². The van der Waals surface area contributed by atoms with E-state index >= 15 is 0 Å². The highest BCUT2D eigenvalue weighted by molar-refractivity contribution is 5.72. The maximum Gasteiger partial charge on any atom is 0.187 e. The van der Waals surface area contributed by atoms with Crippen molar-refractivity contribution >= 4 is 22.7 Å². The van der Waals surface area contributed by atoms with Crippen molar-refractivity contribution in [2.75, 3.05) is 11.1 Å². The Morgan fingerprint density at radius 1 is 1.19 bits per heavy atom. The van der Waals surface area contributed by atoms with Gasteiger partial charge in [-0.05, 0) is 18.2 Å². The molecule has 0 spiro atoms. The zero-order valence-electron chi connectivity index (χ0n) is 8.51. The second-order valence-electron chi connectivity index (χ2n) is 3.25. The Bertz CT molecular complexity index is 525. The molecule has 1 aromatic carbocycles. The standard InChI is InChI=1S/C12H10N4/c1-14-9-2-4-10(5-3-9)16-12-6-7-15-8-11(12)13/h2-8H,13H2,(H,15,16). The molecule has 3 N–H and O–H groups in total.